The Labute approximate surface area is 177 Å². The molecule has 0 aliphatic carbocycles. The first-order valence-electron chi connectivity index (χ1n) is 9.17. The van der Waals surface area contributed by atoms with Crippen molar-refractivity contribution in [2.75, 3.05) is 5.32 Å². The van der Waals surface area contributed by atoms with Crippen molar-refractivity contribution in [2.45, 2.75) is 6.61 Å². The maximum Gasteiger partial charge on any atom is 0.329 e. The van der Waals surface area contributed by atoms with E-state index in [1.54, 1.807) is 24.3 Å². The molecule has 0 saturated carbocycles. The summed E-state index contributed by atoms with van der Waals surface area (Å²) >= 11 is 0. The lowest BCUT2D eigenvalue weighted by Gasteiger charge is -2.06. The summed E-state index contributed by atoms with van der Waals surface area (Å²) in [6.45, 7) is 0.418. The molecule has 0 aliphatic rings. The van der Waals surface area contributed by atoms with E-state index in [0.717, 1.165) is 5.56 Å². The molecule has 3 rings (SSSR count). The third-order valence-electron chi connectivity index (χ3n) is 4.03. The molecule has 0 spiro atoms. The van der Waals surface area contributed by atoms with Crippen LogP contribution in [-0.4, -0.2) is 23.0 Å². The van der Waals surface area contributed by atoms with E-state index in [4.69, 9.17) is 4.74 Å². The van der Waals surface area contributed by atoms with Crippen molar-refractivity contribution in [3.8, 4) is 5.75 Å². The Bertz CT molecular complexity index is 1100. The summed E-state index contributed by atoms with van der Waals surface area (Å²) in [6.07, 6.45) is 1.38. The van der Waals surface area contributed by atoms with Gasteiger partial charge in [-0.3, -0.25) is 19.7 Å². The topological polar surface area (TPSA) is 123 Å². The number of ether oxygens (including phenoxy) is 1. The van der Waals surface area contributed by atoms with Gasteiger partial charge in [0.2, 0.25) is 0 Å². The van der Waals surface area contributed by atoms with Gasteiger partial charge in [-0.05, 0) is 35.4 Å². The summed E-state index contributed by atoms with van der Waals surface area (Å²) in [6, 6.07) is 21.9. The zero-order chi connectivity index (χ0) is 22.1. The van der Waals surface area contributed by atoms with Gasteiger partial charge < -0.3 is 10.1 Å². The number of nitro groups is 1. The molecule has 0 fully saturated rings. The van der Waals surface area contributed by atoms with Gasteiger partial charge in [-0.1, -0.05) is 42.5 Å². The molecule has 9 nitrogen and oxygen atoms in total. The van der Waals surface area contributed by atoms with E-state index in [1.807, 2.05) is 30.3 Å². The third kappa shape index (κ3) is 6.50. The molecule has 0 saturated heterocycles. The number of anilines is 1. The maximum atomic E-state index is 11.9. The molecule has 0 unspecified atom stereocenters. The quantitative estimate of drug-likeness (QED) is 0.264. The van der Waals surface area contributed by atoms with Crippen LogP contribution in [0.3, 0.4) is 0 Å². The fraction of sp³-hybridized carbons (Fsp3) is 0.0455. The van der Waals surface area contributed by atoms with Crippen molar-refractivity contribution >= 4 is 29.4 Å². The predicted octanol–water partition coefficient (Wildman–Crippen LogP) is 3.26. The summed E-state index contributed by atoms with van der Waals surface area (Å²) in [5.74, 6) is -1.30. The van der Waals surface area contributed by atoms with Gasteiger partial charge in [-0.2, -0.15) is 5.10 Å². The lowest BCUT2D eigenvalue weighted by Crippen LogP contribution is -2.32. The van der Waals surface area contributed by atoms with E-state index < -0.39 is 16.7 Å². The van der Waals surface area contributed by atoms with Crippen molar-refractivity contribution in [1.82, 2.24) is 5.43 Å². The molecule has 3 aromatic carbocycles. The highest BCUT2D eigenvalue weighted by molar-refractivity contribution is 6.39. The highest BCUT2D eigenvalue weighted by Crippen LogP contribution is 2.15. The van der Waals surface area contributed by atoms with Gasteiger partial charge >= 0.3 is 11.8 Å². The van der Waals surface area contributed by atoms with Gasteiger partial charge in [0.25, 0.3) is 5.69 Å². The molecule has 3 aromatic rings. The number of rotatable bonds is 7. The number of nitrogens with zero attached hydrogens (tertiary/aromatic N) is 2. The van der Waals surface area contributed by atoms with Gasteiger partial charge in [0, 0.05) is 17.8 Å². The number of hydrogen-bond donors (Lipinski definition) is 2. The van der Waals surface area contributed by atoms with Crippen molar-refractivity contribution in [2.24, 2.45) is 5.10 Å². The molecule has 31 heavy (non-hydrogen) atoms. The van der Waals surface area contributed by atoms with Gasteiger partial charge in [-0.15, -0.1) is 0 Å². The van der Waals surface area contributed by atoms with Gasteiger partial charge in [0.05, 0.1) is 11.1 Å². The Morgan fingerprint density at radius 1 is 0.968 bits per heavy atom. The summed E-state index contributed by atoms with van der Waals surface area (Å²) < 4.78 is 5.73. The predicted molar refractivity (Wildman–Crippen MR) is 115 cm³/mol. The van der Waals surface area contributed by atoms with Crippen molar-refractivity contribution in [3.63, 3.8) is 0 Å². The maximum absolute atomic E-state index is 11.9. The molecule has 2 amide bonds. The number of hydrogen-bond acceptors (Lipinski definition) is 6. The second-order valence-electron chi connectivity index (χ2n) is 6.30. The smallest absolute Gasteiger partial charge is 0.329 e. The van der Waals surface area contributed by atoms with E-state index in [9.17, 15) is 19.7 Å². The molecule has 9 heteroatoms. The Hall–Kier alpha value is -4.53. The number of benzene rings is 3. The number of hydrazone groups is 1. The SMILES string of the molecule is O=C(N/N=C\c1cccc(OCc2ccccc2)c1)C(=O)Nc1ccc([N+](=O)[O-])cc1. The molecule has 0 atom stereocenters. The lowest BCUT2D eigenvalue weighted by atomic mass is 10.2. The number of amides is 2. The van der Waals surface area contributed by atoms with Crippen LogP contribution in [-0.2, 0) is 16.2 Å². The average Bonchev–Trinajstić information content (AvgIpc) is 2.79. The van der Waals surface area contributed by atoms with E-state index in [2.05, 4.69) is 15.8 Å². The van der Waals surface area contributed by atoms with Crippen LogP contribution < -0.4 is 15.5 Å². The minimum absolute atomic E-state index is 0.123. The van der Waals surface area contributed by atoms with Gasteiger partial charge in [0.1, 0.15) is 12.4 Å². The Morgan fingerprint density at radius 3 is 2.42 bits per heavy atom. The molecule has 0 radical (unpaired) electrons. The Kier molecular flexibility index (Phi) is 7.04. The van der Waals surface area contributed by atoms with Crippen molar-refractivity contribution in [3.05, 3.63) is 100 Å². The number of non-ortho nitro benzene ring substituents is 1. The lowest BCUT2D eigenvalue weighted by molar-refractivity contribution is -0.384. The Balaban J connectivity index is 1.50. The van der Waals surface area contributed by atoms with Crippen molar-refractivity contribution < 1.29 is 19.2 Å². The van der Waals surface area contributed by atoms with Crippen LogP contribution in [0.15, 0.2) is 84.0 Å². The van der Waals surface area contributed by atoms with E-state index in [1.165, 1.54) is 30.5 Å². The van der Waals surface area contributed by atoms with Gasteiger partial charge in [0.15, 0.2) is 0 Å². The minimum Gasteiger partial charge on any atom is -0.489 e. The van der Waals surface area contributed by atoms with E-state index in [0.29, 0.717) is 17.9 Å². The third-order valence-corrected chi connectivity index (χ3v) is 4.03. The average molecular weight is 418 g/mol. The van der Waals surface area contributed by atoms with E-state index >= 15 is 0 Å². The molecule has 0 aliphatic heterocycles. The highest BCUT2D eigenvalue weighted by Gasteiger charge is 2.13. The normalized spacial score (nSPS) is 10.5. The number of nitrogens with one attached hydrogen (secondary N) is 2. The number of carbonyl (C=O) groups is 2. The first-order chi connectivity index (χ1) is 15.0. The number of nitro benzene ring substituents is 1. The monoisotopic (exact) mass is 418 g/mol. The molecular formula is C22H18N4O5. The minimum atomic E-state index is -0.980. The van der Waals surface area contributed by atoms with Crippen LogP contribution in [0.4, 0.5) is 11.4 Å². The number of carbonyl (C=O) groups excluding carboxylic acids is 2. The molecule has 0 bridgehead atoms. The highest BCUT2D eigenvalue weighted by atomic mass is 16.6. The molecule has 2 N–H and O–H groups in total. The first kappa shape index (κ1) is 21.2. The van der Waals surface area contributed by atoms with Crippen LogP contribution >= 0.6 is 0 Å². The second kappa shape index (κ2) is 10.3. The largest absolute Gasteiger partial charge is 0.489 e. The Morgan fingerprint density at radius 2 is 1.71 bits per heavy atom. The molecule has 0 aromatic heterocycles. The zero-order valence-electron chi connectivity index (χ0n) is 16.2. The van der Waals surface area contributed by atoms with Crippen molar-refractivity contribution in [1.29, 1.82) is 0 Å². The molecular weight excluding hydrogens is 400 g/mol. The van der Waals surface area contributed by atoms with Crippen LogP contribution in [0.1, 0.15) is 11.1 Å². The summed E-state index contributed by atoms with van der Waals surface area (Å²) in [5, 5.41) is 16.7. The van der Waals surface area contributed by atoms with Crippen LogP contribution in [0.25, 0.3) is 0 Å². The van der Waals surface area contributed by atoms with Crippen LogP contribution in [0.2, 0.25) is 0 Å². The summed E-state index contributed by atoms with van der Waals surface area (Å²) in [5.41, 5.74) is 3.96. The standard InChI is InChI=1S/C22H18N4O5/c27-21(24-18-9-11-19(12-10-18)26(29)30)22(28)25-23-14-17-7-4-8-20(13-17)31-15-16-5-2-1-3-6-16/h1-14H,15H2,(H,24,27)(H,25,28)/b23-14-. The molecule has 0 heterocycles. The van der Waals surface area contributed by atoms with Crippen LogP contribution in [0, 0.1) is 10.1 Å². The van der Waals surface area contributed by atoms with Gasteiger partial charge in [-0.25, -0.2) is 5.43 Å². The fourth-order valence-corrected chi connectivity index (χ4v) is 2.50. The van der Waals surface area contributed by atoms with Crippen LogP contribution in [0.5, 0.6) is 5.75 Å². The summed E-state index contributed by atoms with van der Waals surface area (Å²) in [7, 11) is 0. The summed E-state index contributed by atoms with van der Waals surface area (Å²) in [4.78, 5) is 33.8. The zero-order valence-corrected chi connectivity index (χ0v) is 16.2. The van der Waals surface area contributed by atoms with E-state index in [-0.39, 0.29) is 11.4 Å². The first-order valence-corrected chi connectivity index (χ1v) is 9.17. The second-order valence-corrected chi connectivity index (χ2v) is 6.30. The molecule has 156 valence electrons. The fourth-order valence-electron chi connectivity index (χ4n) is 2.50.